The Hall–Kier alpha value is -0.370. The van der Waals surface area contributed by atoms with Crippen molar-refractivity contribution >= 4 is 21.6 Å². The molecule has 1 atom stereocenters. The van der Waals surface area contributed by atoms with E-state index in [0.29, 0.717) is 5.92 Å². The fourth-order valence-electron chi connectivity index (χ4n) is 1.78. The second kappa shape index (κ2) is 6.26. The Morgan fingerprint density at radius 1 is 1.67 bits per heavy atom. The minimum atomic E-state index is 0.567. The molecule has 15 heavy (non-hydrogen) atoms. The Balaban J connectivity index is 2.87. The van der Waals surface area contributed by atoms with Crippen molar-refractivity contribution in [3.63, 3.8) is 0 Å². The summed E-state index contributed by atoms with van der Waals surface area (Å²) in [7, 11) is 0. The van der Waals surface area contributed by atoms with Gasteiger partial charge in [0.1, 0.15) is 0 Å². The van der Waals surface area contributed by atoms with E-state index in [4.69, 9.17) is 0 Å². The van der Waals surface area contributed by atoms with Crippen LogP contribution in [-0.4, -0.2) is 5.71 Å². The summed E-state index contributed by atoms with van der Waals surface area (Å²) in [4.78, 5) is 4.62. The molecule has 0 amide bonds. The molecule has 2 heteroatoms. The van der Waals surface area contributed by atoms with Crippen molar-refractivity contribution in [3.8, 4) is 0 Å². The molecule has 1 unspecified atom stereocenters. The third kappa shape index (κ3) is 3.94. The first-order valence-electron chi connectivity index (χ1n) is 5.74. The van der Waals surface area contributed by atoms with Crippen molar-refractivity contribution in [2.45, 2.75) is 46.5 Å². The van der Waals surface area contributed by atoms with Crippen molar-refractivity contribution < 1.29 is 0 Å². The second-order valence-corrected chi connectivity index (χ2v) is 5.41. The lowest BCUT2D eigenvalue weighted by atomic mass is 9.95. The quantitative estimate of drug-likeness (QED) is 0.648. The molecule has 0 heterocycles. The summed E-state index contributed by atoms with van der Waals surface area (Å²) < 4.78 is 1.09. The number of halogens is 1. The van der Waals surface area contributed by atoms with Crippen molar-refractivity contribution in [2.75, 3.05) is 0 Å². The van der Waals surface area contributed by atoms with Gasteiger partial charge in [0.2, 0.25) is 0 Å². The first-order chi connectivity index (χ1) is 7.15. The fourth-order valence-corrected chi connectivity index (χ4v) is 1.88. The van der Waals surface area contributed by atoms with Gasteiger partial charge in [-0.15, -0.1) is 0 Å². The fraction of sp³-hybridized carbons (Fsp3) is 0.615. The van der Waals surface area contributed by atoms with Crippen LogP contribution in [0.1, 0.15) is 46.5 Å². The van der Waals surface area contributed by atoms with Crippen LogP contribution in [0.4, 0.5) is 0 Å². The molecule has 0 aromatic heterocycles. The Kier molecular flexibility index (Phi) is 5.30. The van der Waals surface area contributed by atoms with Gasteiger partial charge in [-0.3, -0.25) is 4.99 Å². The van der Waals surface area contributed by atoms with E-state index in [9.17, 15) is 0 Å². The minimum Gasteiger partial charge on any atom is -0.260 e. The number of hydrogen-bond donors (Lipinski definition) is 0. The second-order valence-electron chi connectivity index (χ2n) is 4.16. The maximum Gasteiger partial charge on any atom is 0.0460 e. The van der Waals surface area contributed by atoms with Gasteiger partial charge in [-0.2, -0.15) is 0 Å². The normalized spacial score (nSPS) is 20.4. The Bertz CT molecular complexity index is 296. The van der Waals surface area contributed by atoms with E-state index in [-0.39, 0.29) is 0 Å². The topological polar surface area (TPSA) is 12.4 Å². The van der Waals surface area contributed by atoms with Crippen molar-refractivity contribution in [1.82, 2.24) is 0 Å². The average molecular weight is 270 g/mol. The smallest absolute Gasteiger partial charge is 0.0460 e. The van der Waals surface area contributed by atoms with Crippen LogP contribution in [0, 0.1) is 5.92 Å². The summed E-state index contributed by atoms with van der Waals surface area (Å²) in [5, 5.41) is 0. The highest BCUT2D eigenvalue weighted by Crippen LogP contribution is 2.24. The predicted octanol–water partition coefficient (Wildman–Crippen LogP) is 4.84. The molecule has 0 saturated carbocycles. The lowest BCUT2D eigenvalue weighted by Crippen LogP contribution is -2.12. The van der Waals surface area contributed by atoms with Gasteiger partial charge < -0.3 is 0 Å². The molecule has 1 aliphatic carbocycles. The molecule has 0 aromatic rings. The summed E-state index contributed by atoms with van der Waals surface area (Å²) in [6.45, 7) is 6.50. The van der Waals surface area contributed by atoms with E-state index in [1.54, 1.807) is 0 Å². The first-order valence-corrected chi connectivity index (χ1v) is 6.53. The summed E-state index contributed by atoms with van der Waals surface area (Å²) in [5.41, 5.74) is 2.75. The summed E-state index contributed by atoms with van der Waals surface area (Å²) in [5.74, 6) is 0.567. The molecule has 0 saturated heterocycles. The Morgan fingerprint density at radius 2 is 2.40 bits per heavy atom. The van der Waals surface area contributed by atoms with Crippen LogP contribution >= 0.6 is 15.9 Å². The van der Waals surface area contributed by atoms with Crippen LogP contribution in [-0.2, 0) is 0 Å². The van der Waals surface area contributed by atoms with Crippen LogP contribution in [0.15, 0.2) is 27.3 Å². The highest BCUT2D eigenvalue weighted by atomic mass is 79.9. The molecule has 84 valence electrons. The van der Waals surface area contributed by atoms with Crippen LogP contribution in [0.3, 0.4) is 0 Å². The van der Waals surface area contributed by atoms with Crippen molar-refractivity contribution in [2.24, 2.45) is 10.9 Å². The van der Waals surface area contributed by atoms with E-state index < -0.39 is 0 Å². The zero-order valence-corrected chi connectivity index (χ0v) is 11.5. The monoisotopic (exact) mass is 269 g/mol. The van der Waals surface area contributed by atoms with Gasteiger partial charge in [-0.05, 0) is 44.1 Å². The van der Waals surface area contributed by atoms with Gasteiger partial charge in [0.25, 0.3) is 0 Å². The third-order valence-electron chi connectivity index (χ3n) is 2.83. The first kappa shape index (κ1) is 12.7. The minimum absolute atomic E-state index is 0.567. The molecule has 1 rings (SSSR count). The van der Waals surface area contributed by atoms with E-state index in [2.05, 4.69) is 40.8 Å². The van der Waals surface area contributed by atoms with Crippen molar-refractivity contribution in [1.29, 1.82) is 0 Å². The molecular formula is C13H20BrN. The molecule has 0 N–H and O–H groups in total. The number of hydrogen-bond acceptors (Lipinski definition) is 1. The molecular weight excluding hydrogens is 250 g/mol. The third-order valence-corrected chi connectivity index (χ3v) is 3.04. The van der Waals surface area contributed by atoms with Crippen LogP contribution < -0.4 is 0 Å². The maximum absolute atomic E-state index is 4.62. The largest absolute Gasteiger partial charge is 0.260 e. The van der Waals surface area contributed by atoms with E-state index in [1.807, 2.05) is 13.1 Å². The molecule has 0 fully saturated rings. The molecule has 0 spiro atoms. The Morgan fingerprint density at radius 3 is 2.87 bits per heavy atom. The van der Waals surface area contributed by atoms with Crippen molar-refractivity contribution in [3.05, 3.63) is 22.3 Å². The molecule has 1 aliphatic rings. The van der Waals surface area contributed by atoms with Crippen LogP contribution in [0.2, 0.25) is 0 Å². The molecule has 0 aromatic carbocycles. The molecule has 0 bridgehead atoms. The SMILES string of the molecule is CCC(C)C(=N/C=C(\C)Br)C1=CCCC1. The van der Waals surface area contributed by atoms with Gasteiger partial charge in [0.15, 0.2) is 0 Å². The zero-order valence-electron chi connectivity index (χ0n) is 9.89. The maximum atomic E-state index is 4.62. The number of aliphatic imine (C=N–C) groups is 1. The van der Waals surface area contributed by atoms with Gasteiger partial charge in [-0.1, -0.05) is 35.9 Å². The lowest BCUT2D eigenvalue weighted by Gasteiger charge is -2.13. The number of allylic oxidation sites excluding steroid dienone is 3. The van der Waals surface area contributed by atoms with Gasteiger partial charge in [0, 0.05) is 16.4 Å². The van der Waals surface area contributed by atoms with E-state index >= 15 is 0 Å². The predicted molar refractivity (Wildman–Crippen MR) is 71.5 cm³/mol. The Labute approximate surface area is 101 Å². The lowest BCUT2D eigenvalue weighted by molar-refractivity contribution is 0.735. The van der Waals surface area contributed by atoms with Gasteiger partial charge >= 0.3 is 0 Å². The summed E-state index contributed by atoms with van der Waals surface area (Å²) >= 11 is 3.42. The molecule has 0 aliphatic heterocycles. The number of rotatable bonds is 4. The van der Waals surface area contributed by atoms with Crippen LogP contribution in [0.25, 0.3) is 0 Å². The summed E-state index contributed by atoms with van der Waals surface area (Å²) in [6, 6.07) is 0. The average Bonchev–Trinajstić information content (AvgIpc) is 2.70. The number of nitrogens with zero attached hydrogens (tertiary/aromatic N) is 1. The van der Waals surface area contributed by atoms with E-state index in [1.165, 1.54) is 30.5 Å². The molecule has 0 radical (unpaired) electrons. The summed E-state index contributed by atoms with van der Waals surface area (Å²) in [6.07, 6.45) is 9.15. The highest BCUT2D eigenvalue weighted by Gasteiger charge is 2.15. The van der Waals surface area contributed by atoms with Crippen LogP contribution in [0.5, 0.6) is 0 Å². The zero-order chi connectivity index (χ0) is 11.3. The van der Waals surface area contributed by atoms with Gasteiger partial charge in [-0.25, -0.2) is 0 Å². The van der Waals surface area contributed by atoms with E-state index in [0.717, 1.165) is 10.9 Å². The standard InChI is InChI=1S/C13H20BrN/c1-4-10(2)13(15-9-11(3)14)12-7-5-6-8-12/h7,9-10H,4-6,8H2,1-3H3/b11-9+,15-13?. The molecule has 1 nitrogen and oxygen atoms in total. The highest BCUT2D eigenvalue weighted by molar-refractivity contribution is 9.11. The van der Waals surface area contributed by atoms with Gasteiger partial charge in [0.05, 0.1) is 0 Å².